The minimum absolute atomic E-state index is 0.325. The molecule has 3 heteroatoms. The molecule has 1 aromatic rings. The van der Waals surface area contributed by atoms with Gasteiger partial charge in [-0.15, -0.1) is 0 Å². The zero-order valence-corrected chi connectivity index (χ0v) is 12.6. The molecule has 0 aliphatic heterocycles. The molecule has 0 unspecified atom stereocenters. The highest BCUT2D eigenvalue weighted by atomic mass is 16.6. The van der Waals surface area contributed by atoms with Gasteiger partial charge in [0.1, 0.15) is 5.60 Å². The topological polar surface area (TPSA) is 38.3 Å². The highest BCUT2D eigenvalue weighted by Crippen LogP contribution is 2.23. The van der Waals surface area contributed by atoms with E-state index in [1.807, 2.05) is 47.7 Å². The predicted octanol–water partition coefficient (Wildman–Crippen LogP) is 3.70. The van der Waals surface area contributed by atoms with Gasteiger partial charge < -0.3 is 10.1 Å². The molecule has 3 nitrogen and oxygen atoms in total. The number of ether oxygens (including phenoxy) is 1. The van der Waals surface area contributed by atoms with Gasteiger partial charge in [-0.05, 0) is 57.9 Å². The summed E-state index contributed by atoms with van der Waals surface area (Å²) in [4.78, 5) is 11.7. The summed E-state index contributed by atoms with van der Waals surface area (Å²) in [7, 11) is 1.88. The van der Waals surface area contributed by atoms with Crippen LogP contribution in [0, 0.1) is 13.8 Å². The molecule has 1 rings (SSSR count). The van der Waals surface area contributed by atoms with Gasteiger partial charge in [0.25, 0.3) is 0 Å². The first kappa shape index (κ1) is 15.3. The molecule has 0 saturated carbocycles. The van der Waals surface area contributed by atoms with Crippen molar-refractivity contribution in [1.29, 1.82) is 0 Å². The van der Waals surface area contributed by atoms with Crippen molar-refractivity contribution in [3.05, 3.63) is 34.9 Å². The van der Waals surface area contributed by atoms with Crippen LogP contribution in [0.5, 0.6) is 0 Å². The third-order valence-corrected chi connectivity index (χ3v) is 2.57. The van der Waals surface area contributed by atoms with Crippen molar-refractivity contribution in [1.82, 2.24) is 0 Å². The average molecular weight is 261 g/mol. The summed E-state index contributed by atoms with van der Waals surface area (Å²) in [5, 5.41) is 3.16. The standard InChI is InChI=1S/C16H23NO2/c1-11-9-12(2)15(17-6)13(10-11)7-8-14(18)19-16(3,4)5/h7-10,17H,1-6H3/b8-7+. The summed E-state index contributed by atoms with van der Waals surface area (Å²) in [5.74, 6) is -0.325. The van der Waals surface area contributed by atoms with Crippen molar-refractivity contribution in [2.45, 2.75) is 40.2 Å². The molecule has 0 heterocycles. The molecule has 0 bridgehead atoms. The van der Waals surface area contributed by atoms with Crippen LogP contribution in [0.15, 0.2) is 18.2 Å². The Hall–Kier alpha value is -1.77. The summed E-state index contributed by atoms with van der Waals surface area (Å²) in [5.41, 5.74) is 3.89. The first-order valence-electron chi connectivity index (χ1n) is 6.43. The van der Waals surface area contributed by atoms with Crippen LogP contribution < -0.4 is 5.32 Å². The Kier molecular flexibility index (Phi) is 4.76. The molecule has 0 aromatic heterocycles. The fourth-order valence-corrected chi connectivity index (χ4v) is 1.97. The van der Waals surface area contributed by atoms with E-state index in [-0.39, 0.29) is 5.97 Å². The Morgan fingerprint density at radius 3 is 2.42 bits per heavy atom. The lowest BCUT2D eigenvalue weighted by Gasteiger charge is -2.18. The summed E-state index contributed by atoms with van der Waals surface area (Å²) in [6.45, 7) is 9.65. The molecular formula is C16H23NO2. The van der Waals surface area contributed by atoms with Crippen LogP contribution in [0.1, 0.15) is 37.5 Å². The average Bonchev–Trinajstić information content (AvgIpc) is 2.23. The molecule has 104 valence electrons. The van der Waals surface area contributed by atoms with Crippen molar-refractivity contribution < 1.29 is 9.53 Å². The molecule has 0 spiro atoms. The van der Waals surface area contributed by atoms with E-state index < -0.39 is 5.60 Å². The lowest BCUT2D eigenvalue weighted by molar-refractivity contribution is -0.148. The van der Waals surface area contributed by atoms with Gasteiger partial charge in [-0.25, -0.2) is 4.79 Å². The van der Waals surface area contributed by atoms with Gasteiger partial charge >= 0.3 is 5.97 Å². The van der Waals surface area contributed by atoms with Crippen molar-refractivity contribution in [3.8, 4) is 0 Å². The number of hydrogen-bond acceptors (Lipinski definition) is 3. The number of anilines is 1. The first-order valence-corrected chi connectivity index (χ1v) is 6.43. The molecule has 0 atom stereocenters. The third kappa shape index (κ3) is 4.78. The fraction of sp³-hybridized carbons (Fsp3) is 0.438. The highest BCUT2D eigenvalue weighted by molar-refractivity contribution is 5.89. The van der Waals surface area contributed by atoms with Gasteiger partial charge in [0.05, 0.1) is 0 Å². The van der Waals surface area contributed by atoms with Crippen LogP contribution in [-0.2, 0) is 9.53 Å². The molecule has 0 aliphatic carbocycles. The number of aryl methyl sites for hydroxylation is 2. The van der Waals surface area contributed by atoms with Crippen LogP contribution in [-0.4, -0.2) is 18.6 Å². The van der Waals surface area contributed by atoms with Crippen LogP contribution in [0.3, 0.4) is 0 Å². The molecule has 0 aliphatic rings. The molecule has 0 saturated heterocycles. The number of carbonyl (C=O) groups excluding carboxylic acids is 1. The summed E-state index contributed by atoms with van der Waals surface area (Å²) < 4.78 is 5.25. The van der Waals surface area contributed by atoms with E-state index in [0.29, 0.717) is 0 Å². The molecule has 0 amide bonds. The predicted molar refractivity (Wildman–Crippen MR) is 80.3 cm³/mol. The summed E-state index contributed by atoms with van der Waals surface area (Å²) in [6, 6.07) is 4.15. The number of carbonyl (C=O) groups is 1. The van der Waals surface area contributed by atoms with Gasteiger partial charge in [-0.1, -0.05) is 11.6 Å². The zero-order chi connectivity index (χ0) is 14.6. The Balaban J connectivity index is 2.96. The highest BCUT2D eigenvalue weighted by Gasteiger charge is 2.14. The largest absolute Gasteiger partial charge is 0.457 e. The maximum absolute atomic E-state index is 11.7. The number of rotatable bonds is 3. The molecule has 0 fully saturated rings. The second-order valence-corrected chi connectivity index (χ2v) is 5.66. The molecule has 1 aromatic carbocycles. The quantitative estimate of drug-likeness (QED) is 0.666. The van der Waals surface area contributed by atoms with E-state index in [0.717, 1.165) is 16.8 Å². The van der Waals surface area contributed by atoms with E-state index in [2.05, 4.69) is 11.4 Å². The Bertz CT molecular complexity index is 496. The van der Waals surface area contributed by atoms with Gasteiger partial charge in [0, 0.05) is 18.8 Å². The molecule has 1 N–H and O–H groups in total. The van der Waals surface area contributed by atoms with Crippen molar-refractivity contribution in [2.24, 2.45) is 0 Å². The van der Waals surface area contributed by atoms with Gasteiger partial charge in [-0.2, -0.15) is 0 Å². The fourth-order valence-electron chi connectivity index (χ4n) is 1.97. The smallest absolute Gasteiger partial charge is 0.331 e. The van der Waals surface area contributed by atoms with Crippen LogP contribution in [0.2, 0.25) is 0 Å². The monoisotopic (exact) mass is 261 g/mol. The normalized spacial score (nSPS) is 11.7. The van der Waals surface area contributed by atoms with E-state index >= 15 is 0 Å². The van der Waals surface area contributed by atoms with E-state index in [4.69, 9.17) is 4.74 Å². The first-order chi connectivity index (χ1) is 8.73. The summed E-state index contributed by atoms with van der Waals surface area (Å²) >= 11 is 0. The molecule has 19 heavy (non-hydrogen) atoms. The Labute approximate surface area is 115 Å². The van der Waals surface area contributed by atoms with Crippen LogP contribution >= 0.6 is 0 Å². The lowest BCUT2D eigenvalue weighted by Crippen LogP contribution is -2.22. The molecular weight excluding hydrogens is 238 g/mol. The third-order valence-electron chi connectivity index (χ3n) is 2.57. The van der Waals surface area contributed by atoms with Gasteiger partial charge in [0.2, 0.25) is 0 Å². The van der Waals surface area contributed by atoms with Gasteiger partial charge in [0.15, 0.2) is 0 Å². The minimum Gasteiger partial charge on any atom is -0.457 e. The lowest BCUT2D eigenvalue weighted by atomic mass is 10.0. The van der Waals surface area contributed by atoms with Gasteiger partial charge in [-0.3, -0.25) is 0 Å². The number of benzene rings is 1. The number of hydrogen-bond donors (Lipinski definition) is 1. The van der Waals surface area contributed by atoms with E-state index in [1.165, 1.54) is 11.6 Å². The Morgan fingerprint density at radius 2 is 1.89 bits per heavy atom. The van der Waals surface area contributed by atoms with Crippen molar-refractivity contribution >= 4 is 17.7 Å². The van der Waals surface area contributed by atoms with Crippen LogP contribution in [0.25, 0.3) is 6.08 Å². The van der Waals surface area contributed by atoms with Crippen LogP contribution in [0.4, 0.5) is 5.69 Å². The maximum atomic E-state index is 11.7. The van der Waals surface area contributed by atoms with E-state index in [9.17, 15) is 4.79 Å². The summed E-state index contributed by atoms with van der Waals surface area (Å²) in [6.07, 6.45) is 3.26. The second-order valence-electron chi connectivity index (χ2n) is 5.66. The number of nitrogens with one attached hydrogen (secondary N) is 1. The van der Waals surface area contributed by atoms with E-state index in [1.54, 1.807) is 6.08 Å². The zero-order valence-electron chi connectivity index (χ0n) is 12.6. The minimum atomic E-state index is -0.463. The second kappa shape index (κ2) is 5.91. The molecule has 0 radical (unpaired) electrons. The maximum Gasteiger partial charge on any atom is 0.331 e. The van der Waals surface area contributed by atoms with Crippen molar-refractivity contribution in [3.63, 3.8) is 0 Å². The number of esters is 1. The van der Waals surface area contributed by atoms with Crippen molar-refractivity contribution in [2.75, 3.05) is 12.4 Å². The Morgan fingerprint density at radius 1 is 1.26 bits per heavy atom. The SMILES string of the molecule is CNc1c(C)cc(C)cc1/C=C/C(=O)OC(C)(C)C.